The van der Waals surface area contributed by atoms with E-state index in [2.05, 4.69) is 47.9 Å². The topological polar surface area (TPSA) is 56.7 Å². The van der Waals surface area contributed by atoms with Crippen LogP contribution in [0.5, 0.6) is 0 Å². The van der Waals surface area contributed by atoms with Gasteiger partial charge in [0.2, 0.25) is 5.91 Å². The first-order valence-corrected chi connectivity index (χ1v) is 10.1. The minimum Gasteiger partial charge on any atom is -0.357 e. The lowest BCUT2D eigenvalue weighted by Crippen LogP contribution is -2.42. The molecule has 2 aliphatic rings. The molecule has 2 fully saturated rings. The molecule has 1 aliphatic carbocycles. The Bertz CT molecular complexity index is 616. The van der Waals surface area contributed by atoms with E-state index in [1.54, 1.807) is 0 Å². The number of amides is 1. The monoisotopic (exact) mass is 484 g/mol. The first-order valence-electron chi connectivity index (χ1n) is 10.1. The Morgan fingerprint density at radius 3 is 2.56 bits per heavy atom. The van der Waals surface area contributed by atoms with Gasteiger partial charge >= 0.3 is 0 Å². The Morgan fingerprint density at radius 2 is 1.96 bits per heavy atom. The van der Waals surface area contributed by atoms with Gasteiger partial charge in [0.25, 0.3) is 0 Å². The number of carbonyl (C=O) groups is 1. The molecule has 3 rings (SSSR count). The molecule has 0 atom stereocenters. The number of likely N-dealkylation sites (tertiary alicyclic amines) is 1. The third-order valence-corrected chi connectivity index (χ3v) is 5.65. The van der Waals surface area contributed by atoms with Gasteiger partial charge in [0.1, 0.15) is 0 Å². The molecule has 0 spiro atoms. The second-order valence-electron chi connectivity index (χ2n) is 7.46. The molecule has 0 aromatic heterocycles. The summed E-state index contributed by atoms with van der Waals surface area (Å²) in [6.07, 6.45) is 6.42. The fraction of sp³-hybridized carbons (Fsp3) is 0.619. The fourth-order valence-corrected chi connectivity index (χ4v) is 3.92. The van der Waals surface area contributed by atoms with E-state index < -0.39 is 0 Å². The molecule has 0 radical (unpaired) electrons. The Balaban J connectivity index is 0.00000261. The zero-order valence-electron chi connectivity index (χ0n) is 16.4. The first kappa shape index (κ1) is 22.0. The van der Waals surface area contributed by atoms with Crippen molar-refractivity contribution >= 4 is 35.8 Å². The molecule has 1 heterocycles. The lowest BCUT2D eigenvalue weighted by atomic mass is 9.64. The summed E-state index contributed by atoms with van der Waals surface area (Å²) < 4.78 is 0. The van der Waals surface area contributed by atoms with Crippen LogP contribution in [0, 0.1) is 0 Å². The van der Waals surface area contributed by atoms with Gasteiger partial charge in [0.05, 0.1) is 6.54 Å². The SMILES string of the molecule is CCNC(=NCC1(c2ccccc2)CCC1)NCCCN1CCCC1=O.I. The van der Waals surface area contributed by atoms with E-state index in [0.29, 0.717) is 5.91 Å². The number of rotatable bonds is 8. The third-order valence-electron chi connectivity index (χ3n) is 5.65. The van der Waals surface area contributed by atoms with Gasteiger partial charge in [0.15, 0.2) is 5.96 Å². The normalized spacial score (nSPS) is 18.6. The molecule has 27 heavy (non-hydrogen) atoms. The van der Waals surface area contributed by atoms with Crippen LogP contribution in [0.25, 0.3) is 0 Å². The van der Waals surface area contributed by atoms with E-state index in [9.17, 15) is 4.79 Å². The minimum atomic E-state index is 0. The van der Waals surface area contributed by atoms with Gasteiger partial charge in [-0.25, -0.2) is 0 Å². The molecular weight excluding hydrogens is 451 g/mol. The highest BCUT2D eigenvalue weighted by Gasteiger charge is 2.38. The van der Waals surface area contributed by atoms with E-state index >= 15 is 0 Å². The van der Waals surface area contributed by atoms with Crippen molar-refractivity contribution in [3.8, 4) is 0 Å². The van der Waals surface area contributed by atoms with Gasteiger partial charge in [-0.1, -0.05) is 36.8 Å². The van der Waals surface area contributed by atoms with Crippen molar-refractivity contribution in [1.82, 2.24) is 15.5 Å². The number of nitrogens with zero attached hydrogens (tertiary/aromatic N) is 2. The number of nitrogens with one attached hydrogen (secondary N) is 2. The van der Waals surface area contributed by atoms with Crippen LogP contribution in [0.1, 0.15) is 51.0 Å². The molecule has 1 saturated carbocycles. The van der Waals surface area contributed by atoms with Crippen LogP contribution in [-0.4, -0.2) is 49.5 Å². The molecule has 1 amide bonds. The minimum absolute atomic E-state index is 0. The molecule has 1 aliphatic heterocycles. The van der Waals surface area contributed by atoms with Crippen molar-refractivity contribution in [2.45, 2.75) is 50.9 Å². The van der Waals surface area contributed by atoms with E-state index in [-0.39, 0.29) is 29.4 Å². The summed E-state index contributed by atoms with van der Waals surface area (Å²) >= 11 is 0. The van der Waals surface area contributed by atoms with Crippen molar-refractivity contribution < 1.29 is 4.79 Å². The average molecular weight is 484 g/mol. The summed E-state index contributed by atoms with van der Waals surface area (Å²) in [7, 11) is 0. The zero-order valence-corrected chi connectivity index (χ0v) is 18.7. The van der Waals surface area contributed by atoms with Gasteiger partial charge in [-0.2, -0.15) is 0 Å². The number of guanidine groups is 1. The van der Waals surface area contributed by atoms with E-state index in [1.165, 1.54) is 24.8 Å². The van der Waals surface area contributed by atoms with Gasteiger partial charge in [-0.05, 0) is 38.2 Å². The second-order valence-corrected chi connectivity index (χ2v) is 7.46. The highest BCUT2D eigenvalue weighted by atomic mass is 127. The predicted octanol–water partition coefficient (Wildman–Crippen LogP) is 3.29. The molecule has 1 aromatic rings. The highest BCUT2D eigenvalue weighted by molar-refractivity contribution is 14.0. The number of hydrogen-bond acceptors (Lipinski definition) is 2. The molecule has 1 saturated heterocycles. The molecule has 6 heteroatoms. The Labute approximate surface area is 180 Å². The highest BCUT2D eigenvalue weighted by Crippen LogP contribution is 2.43. The second kappa shape index (κ2) is 10.9. The molecular formula is C21H33IN4O. The maximum absolute atomic E-state index is 11.7. The Hall–Kier alpha value is -1.31. The van der Waals surface area contributed by atoms with E-state index in [0.717, 1.165) is 57.9 Å². The maximum Gasteiger partial charge on any atom is 0.222 e. The van der Waals surface area contributed by atoms with Crippen LogP contribution < -0.4 is 10.6 Å². The standard InChI is InChI=1S/C21H32N4O.HI/c1-2-22-20(23-14-8-16-25-15-6-11-19(25)26)24-17-21(12-7-13-21)18-9-4-3-5-10-18;/h3-5,9-10H,2,6-8,11-17H2,1H3,(H2,22,23,24);1H. The number of carbonyl (C=O) groups excluding carboxylic acids is 1. The average Bonchev–Trinajstić information content (AvgIpc) is 3.03. The van der Waals surface area contributed by atoms with Gasteiger partial charge in [-0.15, -0.1) is 24.0 Å². The molecule has 0 bridgehead atoms. The van der Waals surface area contributed by atoms with E-state index in [4.69, 9.17) is 4.99 Å². The zero-order chi connectivity index (χ0) is 18.2. The largest absolute Gasteiger partial charge is 0.357 e. The molecule has 0 unspecified atom stereocenters. The first-order chi connectivity index (χ1) is 12.7. The number of benzene rings is 1. The summed E-state index contributed by atoms with van der Waals surface area (Å²) in [6, 6.07) is 10.8. The van der Waals surface area contributed by atoms with Crippen molar-refractivity contribution in [3.05, 3.63) is 35.9 Å². The number of halogens is 1. The van der Waals surface area contributed by atoms with Crippen LogP contribution >= 0.6 is 24.0 Å². The summed E-state index contributed by atoms with van der Waals surface area (Å²) in [6.45, 7) is 6.39. The van der Waals surface area contributed by atoms with Gasteiger partial charge < -0.3 is 15.5 Å². The lowest BCUT2D eigenvalue weighted by Gasteiger charge is -2.41. The maximum atomic E-state index is 11.7. The Morgan fingerprint density at radius 1 is 1.19 bits per heavy atom. The Kier molecular flexibility index (Phi) is 8.86. The third kappa shape index (κ3) is 5.83. The van der Waals surface area contributed by atoms with Crippen molar-refractivity contribution in [1.29, 1.82) is 0 Å². The summed E-state index contributed by atoms with van der Waals surface area (Å²) in [5, 5.41) is 6.78. The summed E-state index contributed by atoms with van der Waals surface area (Å²) in [5.41, 5.74) is 1.63. The number of aliphatic imine (C=N–C) groups is 1. The van der Waals surface area contributed by atoms with Crippen LogP contribution in [0.2, 0.25) is 0 Å². The molecule has 150 valence electrons. The molecule has 5 nitrogen and oxygen atoms in total. The quantitative estimate of drug-likeness (QED) is 0.258. The van der Waals surface area contributed by atoms with Crippen LogP contribution in [0.15, 0.2) is 35.3 Å². The molecule has 1 aromatic carbocycles. The fourth-order valence-electron chi connectivity index (χ4n) is 3.92. The number of hydrogen-bond donors (Lipinski definition) is 2. The van der Waals surface area contributed by atoms with E-state index in [1.807, 2.05) is 4.90 Å². The van der Waals surface area contributed by atoms with Crippen LogP contribution in [-0.2, 0) is 10.2 Å². The van der Waals surface area contributed by atoms with Crippen LogP contribution in [0.3, 0.4) is 0 Å². The summed E-state index contributed by atoms with van der Waals surface area (Å²) in [5.74, 6) is 1.20. The van der Waals surface area contributed by atoms with Crippen LogP contribution in [0.4, 0.5) is 0 Å². The van der Waals surface area contributed by atoms with Crippen molar-refractivity contribution in [2.24, 2.45) is 4.99 Å². The lowest BCUT2D eigenvalue weighted by molar-refractivity contribution is -0.127. The molecule has 2 N–H and O–H groups in total. The van der Waals surface area contributed by atoms with Crippen molar-refractivity contribution in [3.63, 3.8) is 0 Å². The van der Waals surface area contributed by atoms with Crippen molar-refractivity contribution in [2.75, 3.05) is 32.7 Å². The van der Waals surface area contributed by atoms with Gasteiger partial charge in [0, 0.05) is 38.0 Å². The van der Waals surface area contributed by atoms with Gasteiger partial charge in [-0.3, -0.25) is 9.79 Å². The smallest absolute Gasteiger partial charge is 0.222 e. The summed E-state index contributed by atoms with van der Waals surface area (Å²) in [4.78, 5) is 18.5. The predicted molar refractivity (Wildman–Crippen MR) is 122 cm³/mol.